The molecule has 0 spiro atoms. The first-order chi connectivity index (χ1) is 8.50. The number of rotatable bonds is 4. The number of ether oxygens (including phenoxy) is 1. The van der Waals surface area contributed by atoms with E-state index in [2.05, 4.69) is 10.4 Å². The van der Waals surface area contributed by atoms with Crippen LogP contribution in [0.3, 0.4) is 0 Å². The summed E-state index contributed by atoms with van der Waals surface area (Å²) in [4.78, 5) is 10.9. The normalized spacial score (nSPS) is 19.4. The second-order valence-corrected chi connectivity index (χ2v) is 4.82. The summed E-state index contributed by atoms with van der Waals surface area (Å²) in [6.07, 6.45) is 0.860. The lowest BCUT2D eigenvalue weighted by molar-refractivity contribution is -0.384. The minimum absolute atomic E-state index is 0.0204. The number of hydrogen-bond donors (Lipinski definition) is 1. The van der Waals surface area contributed by atoms with Crippen LogP contribution in [0.25, 0.3) is 0 Å². The largest absolute Gasteiger partial charge is 0.379 e. The molecular weight excluding hydrogens is 236 g/mol. The van der Waals surface area contributed by atoms with Crippen LogP contribution in [0.15, 0.2) is 0 Å². The quantitative estimate of drug-likeness (QED) is 0.652. The molecule has 1 N–H and O–H groups in total. The van der Waals surface area contributed by atoms with Crippen molar-refractivity contribution in [1.82, 2.24) is 9.78 Å². The van der Waals surface area contributed by atoms with Gasteiger partial charge in [0.15, 0.2) is 0 Å². The minimum atomic E-state index is -0.361. The molecule has 1 aliphatic rings. The summed E-state index contributed by atoms with van der Waals surface area (Å²) < 4.78 is 6.81. The molecule has 1 aliphatic heterocycles. The standard InChI is InChI=1S/C11H18N4O3/c1-7(2)9-10(15(16)17)11(14(3)13-9)12-8-4-5-18-6-8/h7-8,12H,4-6H2,1-3H3. The van der Waals surface area contributed by atoms with Crippen LogP contribution < -0.4 is 5.32 Å². The van der Waals surface area contributed by atoms with Gasteiger partial charge in [-0.25, -0.2) is 4.68 Å². The van der Waals surface area contributed by atoms with Crippen molar-refractivity contribution in [2.24, 2.45) is 7.05 Å². The zero-order valence-electron chi connectivity index (χ0n) is 10.8. The molecule has 0 amide bonds. The van der Waals surface area contributed by atoms with Gasteiger partial charge in [0, 0.05) is 19.6 Å². The van der Waals surface area contributed by atoms with Crippen LogP contribution >= 0.6 is 0 Å². The van der Waals surface area contributed by atoms with E-state index in [0.717, 1.165) is 6.42 Å². The van der Waals surface area contributed by atoms with Gasteiger partial charge in [-0.15, -0.1) is 0 Å². The summed E-state index contributed by atoms with van der Waals surface area (Å²) in [7, 11) is 1.72. The maximum absolute atomic E-state index is 11.2. The monoisotopic (exact) mass is 254 g/mol. The molecule has 1 fully saturated rings. The molecule has 1 aromatic rings. The summed E-state index contributed by atoms with van der Waals surface area (Å²) in [5.74, 6) is 0.492. The van der Waals surface area contributed by atoms with Gasteiger partial charge in [-0.1, -0.05) is 13.8 Å². The average molecular weight is 254 g/mol. The molecule has 0 radical (unpaired) electrons. The van der Waals surface area contributed by atoms with E-state index in [1.54, 1.807) is 11.7 Å². The third-order valence-corrected chi connectivity index (χ3v) is 3.05. The molecular formula is C11H18N4O3. The molecule has 2 rings (SSSR count). The van der Waals surface area contributed by atoms with Gasteiger partial charge in [0.2, 0.25) is 5.82 Å². The zero-order valence-corrected chi connectivity index (χ0v) is 10.8. The number of nitrogens with one attached hydrogen (secondary N) is 1. The first-order valence-electron chi connectivity index (χ1n) is 6.06. The van der Waals surface area contributed by atoms with Crippen molar-refractivity contribution in [3.8, 4) is 0 Å². The summed E-state index contributed by atoms with van der Waals surface area (Å²) in [5.41, 5.74) is 0.600. The molecule has 0 bridgehead atoms. The minimum Gasteiger partial charge on any atom is -0.379 e. The Kier molecular flexibility index (Phi) is 3.51. The Labute approximate surface area is 105 Å². The third kappa shape index (κ3) is 2.31. The van der Waals surface area contributed by atoms with Crippen molar-refractivity contribution in [1.29, 1.82) is 0 Å². The average Bonchev–Trinajstić information content (AvgIpc) is 2.88. The molecule has 1 unspecified atom stereocenters. The van der Waals surface area contributed by atoms with E-state index in [-0.39, 0.29) is 22.6 Å². The van der Waals surface area contributed by atoms with Gasteiger partial charge in [0.1, 0.15) is 5.69 Å². The number of aromatic nitrogens is 2. The van der Waals surface area contributed by atoms with Gasteiger partial charge in [-0.2, -0.15) is 5.10 Å². The fraction of sp³-hybridized carbons (Fsp3) is 0.727. The van der Waals surface area contributed by atoms with Crippen LogP contribution in [0.2, 0.25) is 0 Å². The number of anilines is 1. The van der Waals surface area contributed by atoms with E-state index in [9.17, 15) is 10.1 Å². The highest BCUT2D eigenvalue weighted by atomic mass is 16.6. The lowest BCUT2D eigenvalue weighted by atomic mass is 10.1. The highest BCUT2D eigenvalue weighted by Crippen LogP contribution is 2.33. The maximum atomic E-state index is 11.2. The third-order valence-electron chi connectivity index (χ3n) is 3.05. The number of nitro groups is 1. The Bertz CT molecular complexity index is 449. The second kappa shape index (κ2) is 4.93. The van der Waals surface area contributed by atoms with Crippen molar-refractivity contribution in [2.75, 3.05) is 18.5 Å². The van der Waals surface area contributed by atoms with Gasteiger partial charge in [0.25, 0.3) is 0 Å². The molecule has 7 heteroatoms. The SMILES string of the molecule is CC(C)c1nn(C)c(NC2CCOC2)c1[N+](=O)[O-]. The fourth-order valence-electron chi connectivity index (χ4n) is 2.11. The van der Waals surface area contributed by atoms with Crippen LogP contribution in [0.4, 0.5) is 11.5 Å². The summed E-state index contributed by atoms with van der Waals surface area (Å²) in [6.45, 7) is 5.08. The smallest absolute Gasteiger partial charge is 0.334 e. The topological polar surface area (TPSA) is 82.2 Å². The Morgan fingerprint density at radius 1 is 1.61 bits per heavy atom. The lowest BCUT2D eigenvalue weighted by Gasteiger charge is -2.11. The molecule has 7 nitrogen and oxygen atoms in total. The van der Waals surface area contributed by atoms with E-state index in [1.807, 2.05) is 13.8 Å². The number of nitrogens with zero attached hydrogens (tertiary/aromatic N) is 3. The lowest BCUT2D eigenvalue weighted by Crippen LogP contribution is -2.21. The van der Waals surface area contributed by atoms with Crippen molar-refractivity contribution in [3.05, 3.63) is 15.8 Å². The van der Waals surface area contributed by atoms with Gasteiger partial charge in [-0.3, -0.25) is 10.1 Å². The first kappa shape index (κ1) is 12.8. The molecule has 2 heterocycles. The zero-order chi connectivity index (χ0) is 13.3. The Hall–Kier alpha value is -1.63. The number of aryl methyl sites for hydroxylation is 1. The van der Waals surface area contributed by atoms with Crippen LogP contribution in [0.5, 0.6) is 0 Å². The van der Waals surface area contributed by atoms with E-state index < -0.39 is 0 Å². The predicted octanol–water partition coefficient (Wildman–Crippen LogP) is 1.65. The van der Waals surface area contributed by atoms with Gasteiger partial charge in [0.05, 0.1) is 17.6 Å². The van der Waals surface area contributed by atoms with Crippen molar-refractivity contribution < 1.29 is 9.66 Å². The Morgan fingerprint density at radius 3 is 2.83 bits per heavy atom. The molecule has 0 aliphatic carbocycles. The summed E-state index contributed by atoms with van der Waals surface area (Å²) in [5, 5.41) is 18.6. The first-order valence-corrected chi connectivity index (χ1v) is 6.06. The van der Waals surface area contributed by atoms with Crippen LogP contribution in [0.1, 0.15) is 31.9 Å². The van der Waals surface area contributed by atoms with E-state index in [0.29, 0.717) is 24.7 Å². The molecule has 1 saturated heterocycles. The number of hydrogen-bond acceptors (Lipinski definition) is 5. The molecule has 1 aromatic heterocycles. The summed E-state index contributed by atoms with van der Waals surface area (Å²) in [6, 6.07) is 0.124. The maximum Gasteiger partial charge on any atom is 0.334 e. The molecule has 18 heavy (non-hydrogen) atoms. The Balaban J connectivity index is 2.35. The molecule has 0 saturated carbocycles. The van der Waals surface area contributed by atoms with Crippen molar-refractivity contribution in [3.63, 3.8) is 0 Å². The summed E-state index contributed by atoms with van der Waals surface area (Å²) >= 11 is 0. The predicted molar refractivity (Wildman–Crippen MR) is 66.8 cm³/mol. The van der Waals surface area contributed by atoms with Gasteiger partial charge >= 0.3 is 5.69 Å². The Morgan fingerprint density at radius 2 is 2.33 bits per heavy atom. The molecule has 1 atom stereocenters. The van der Waals surface area contributed by atoms with E-state index >= 15 is 0 Å². The highest BCUT2D eigenvalue weighted by molar-refractivity contribution is 5.61. The van der Waals surface area contributed by atoms with Gasteiger partial charge in [-0.05, 0) is 6.42 Å². The van der Waals surface area contributed by atoms with Crippen LogP contribution in [0, 0.1) is 10.1 Å². The highest BCUT2D eigenvalue weighted by Gasteiger charge is 2.30. The van der Waals surface area contributed by atoms with Gasteiger partial charge < -0.3 is 10.1 Å². The fourth-order valence-corrected chi connectivity index (χ4v) is 2.11. The van der Waals surface area contributed by atoms with E-state index in [4.69, 9.17) is 4.74 Å². The van der Waals surface area contributed by atoms with Crippen LogP contribution in [-0.4, -0.2) is 34.0 Å². The molecule has 100 valence electrons. The van der Waals surface area contributed by atoms with Crippen molar-refractivity contribution in [2.45, 2.75) is 32.2 Å². The molecule has 0 aromatic carbocycles. The second-order valence-electron chi connectivity index (χ2n) is 4.82. The van der Waals surface area contributed by atoms with E-state index in [1.165, 1.54) is 0 Å². The van der Waals surface area contributed by atoms with Crippen molar-refractivity contribution >= 4 is 11.5 Å². The van der Waals surface area contributed by atoms with Crippen LogP contribution in [-0.2, 0) is 11.8 Å².